The quantitative estimate of drug-likeness (QED) is 0.741. The Morgan fingerprint density at radius 1 is 1.11 bits per heavy atom. The Hall–Kier alpha value is -0.0800. The topological polar surface area (TPSA) is 6.48 Å². The third-order valence-corrected chi connectivity index (χ3v) is 5.25. The molecule has 2 aliphatic rings. The number of piperazine rings is 1. The minimum Gasteiger partial charge on any atom is -0.298 e. The summed E-state index contributed by atoms with van der Waals surface area (Å²) in [7, 11) is 0. The van der Waals surface area contributed by atoms with Crippen molar-refractivity contribution in [2.45, 2.75) is 65.5 Å². The fraction of sp³-hybridized carbons (Fsp3) is 1.00. The van der Waals surface area contributed by atoms with Gasteiger partial charge in [0.05, 0.1) is 0 Å². The molecule has 2 rings (SSSR count). The first-order valence-electron chi connectivity index (χ1n) is 8.13. The molecule has 106 valence electrons. The Morgan fingerprint density at radius 3 is 2.44 bits per heavy atom. The van der Waals surface area contributed by atoms with Crippen LogP contribution in [0.3, 0.4) is 0 Å². The van der Waals surface area contributed by atoms with E-state index in [9.17, 15) is 0 Å². The molecule has 0 radical (unpaired) electrons. The van der Waals surface area contributed by atoms with Crippen molar-refractivity contribution in [1.29, 1.82) is 0 Å². The SMILES string of the molecule is CCC(CC)CN1CC2CCCN2CC1C(C)C. The number of nitrogens with zero attached hydrogens (tertiary/aromatic N) is 2. The van der Waals surface area contributed by atoms with Crippen molar-refractivity contribution in [1.82, 2.24) is 9.80 Å². The van der Waals surface area contributed by atoms with Gasteiger partial charge in [-0.1, -0.05) is 40.5 Å². The molecule has 0 aromatic carbocycles. The summed E-state index contributed by atoms with van der Waals surface area (Å²) in [4.78, 5) is 5.59. The minimum absolute atomic E-state index is 0.792. The number of rotatable bonds is 5. The van der Waals surface area contributed by atoms with E-state index in [0.29, 0.717) is 0 Å². The van der Waals surface area contributed by atoms with E-state index in [1.807, 2.05) is 0 Å². The third-order valence-electron chi connectivity index (χ3n) is 5.25. The maximum absolute atomic E-state index is 2.83. The molecule has 0 aromatic rings. The van der Waals surface area contributed by atoms with Crippen LogP contribution in [0.25, 0.3) is 0 Å². The average molecular weight is 252 g/mol. The zero-order valence-corrected chi connectivity index (χ0v) is 12.9. The van der Waals surface area contributed by atoms with Crippen LogP contribution in [0, 0.1) is 11.8 Å². The third kappa shape index (κ3) is 3.08. The number of hydrogen-bond donors (Lipinski definition) is 0. The van der Waals surface area contributed by atoms with E-state index in [-0.39, 0.29) is 0 Å². The highest BCUT2D eigenvalue weighted by molar-refractivity contribution is 4.93. The Kier molecular flexibility index (Phi) is 5.08. The fourth-order valence-electron chi connectivity index (χ4n) is 3.83. The molecule has 2 atom stereocenters. The highest BCUT2D eigenvalue weighted by Gasteiger charge is 2.37. The van der Waals surface area contributed by atoms with Crippen molar-refractivity contribution in [2.24, 2.45) is 11.8 Å². The Balaban J connectivity index is 2.00. The van der Waals surface area contributed by atoms with Gasteiger partial charge in [0.15, 0.2) is 0 Å². The summed E-state index contributed by atoms with van der Waals surface area (Å²) in [5.41, 5.74) is 0. The van der Waals surface area contributed by atoms with Crippen LogP contribution in [-0.2, 0) is 0 Å². The van der Waals surface area contributed by atoms with Gasteiger partial charge in [-0.05, 0) is 31.2 Å². The number of hydrogen-bond acceptors (Lipinski definition) is 2. The zero-order valence-electron chi connectivity index (χ0n) is 12.9. The molecule has 2 unspecified atom stereocenters. The van der Waals surface area contributed by atoms with Crippen LogP contribution in [0.1, 0.15) is 53.4 Å². The van der Waals surface area contributed by atoms with Crippen LogP contribution in [0.15, 0.2) is 0 Å². The molecule has 0 bridgehead atoms. The summed E-state index contributed by atoms with van der Waals surface area (Å²) in [6.45, 7) is 14.9. The lowest BCUT2D eigenvalue weighted by Crippen LogP contribution is -2.58. The Labute approximate surface area is 114 Å². The Bertz CT molecular complexity index is 245. The van der Waals surface area contributed by atoms with Crippen LogP contribution in [0.4, 0.5) is 0 Å². The van der Waals surface area contributed by atoms with Gasteiger partial charge in [0.1, 0.15) is 0 Å². The molecule has 2 saturated heterocycles. The van der Waals surface area contributed by atoms with Gasteiger partial charge >= 0.3 is 0 Å². The summed E-state index contributed by atoms with van der Waals surface area (Å²) >= 11 is 0. The van der Waals surface area contributed by atoms with Crippen LogP contribution in [0.5, 0.6) is 0 Å². The molecule has 2 fully saturated rings. The molecule has 18 heavy (non-hydrogen) atoms. The van der Waals surface area contributed by atoms with E-state index in [4.69, 9.17) is 0 Å². The molecule has 0 aromatic heterocycles. The summed E-state index contributed by atoms with van der Waals surface area (Å²) < 4.78 is 0. The summed E-state index contributed by atoms with van der Waals surface area (Å²) in [6.07, 6.45) is 5.54. The van der Waals surface area contributed by atoms with E-state index in [1.54, 1.807) is 0 Å². The van der Waals surface area contributed by atoms with E-state index >= 15 is 0 Å². The number of fused-ring (bicyclic) bond motifs is 1. The van der Waals surface area contributed by atoms with Gasteiger partial charge < -0.3 is 0 Å². The molecule has 0 spiro atoms. The van der Waals surface area contributed by atoms with Gasteiger partial charge in [-0.3, -0.25) is 9.80 Å². The Morgan fingerprint density at radius 2 is 1.83 bits per heavy atom. The molecule has 2 heterocycles. The van der Waals surface area contributed by atoms with Crippen LogP contribution in [-0.4, -0.2) is 48.1 Å². The molecule has 0 saturated carbocycles. The normalized spacial score (nSPS) is 30.3. The maximum Gasteiger partial charge on any atom is 0.0247 e. The highest BCUT2D eigenvalue weighted by atomic mass is 15.3. The first-order valence-corrected chi connectivity index (χ1v) is 8.13. The van der Waals surface area contributed by atoms with Crippen molar-refractivity contribution in [3.63, 3.8) is 0 Å². The lowest BCUT2D eigenvalue weighted by Gasteiger charge is -2.46. The van der Waals surface area contributed by atoms with Crippen molar-refractivity contribution in [3.8, 4) is 0 Å². The predicted octanol–water partition coefficient (Wildman–Crippen LogP) is 3.23. The maximum atomic E-state index is 2.83. The molecular weight excluding hydrogens is 220 g/mol. The largest absolute Gasteiger partial charge is 0.298 e. The second-order valence-electron chi connectivity index (χ2n) is 6.74. The standard InChI is InChI=1S/C16H32N2/c1-5-14(6-2)10-18-11-15-8-7-9-17(15)12-16(18)13(3)4/h13-16H,5-12H2,1-4H3. The van der Waals surface area contributed by atoms with E-state index < -0.39 is 0 Å². The van der Waals surface area contributed by atoms with Crippen LogP contribution in [0.2, 0.25) is 0 Å². The molecule has 2 heteroatoms. The smallest absolute Gasteiger partial charge is 0.0247 e. The molecular formula is C16H32N2. The van der Waals surface area contributed by atoms with E-state index in [2.05, 4.69) is 37.5 Å². The van der Waals surface area contributed by atoms with Crippen LogP contribution >= 0.6 is 0 Å². The van der Waals surface area contributed by atoms with Gasteiger partial charge in [-0.15, -0.1) is 0 Å². The van der Waals surface area contributed by atoms with Gasteiger partial charge in [0, 0.05) is 31.7 Å². The molecule has 0 amide bonds. The highest BCUT2D eigenvalue weighted by Crippen LogP contribution is 2.28. The lowest BCUT2D eigenvalue weighted by molar-refractivity contribution is 0.0185. The van der Waals surface area contributed by atoms with Gasteiger partial charge in [-0.2, -0.15) is 0 Å². The van der Waals surface area contributed by atoms with Gasteiger partial charge in [0.2, 0.25) is 0 Å². The van der Waals surface area contributed by atoms with Crippen molar-refractivity contribution >= 4 is 0 Å². The monoisotopic (exact) mass is 252 g/mol. The van der Waals surface area contributed by atoms with Crippen molar-refractivity contribution < 1.29 is 0 Å². The second kappa shape index (κ2) is 6.38. The van der Waals surface area contributed by atoms with Crippen molar-refractivity contribution in [2.75, 3.05) is 26.2 Å². The zero-order chi connectivity index (χ0) is 13.1. The van der Waals surface area contributed by atoms with Crippen LogP contribution < -0.4 is 0 Å². The summed E-state index contributed by atoms with van der Waals surface area (Å²) in [5.74, 6) is 1.69. The summed E-state index contributed by atoms with van der Waals surface area (Å²) in [5, 5.41) is 0. The molecule has 0 N–H and O–H groups in total. The van der Waals surface area contributed by atoms with Gasteiger partial charge in [-0.25, -0.2) is 0 Å². The first kappa shape index (κ1) is 14.3. The molecule has 2 nitrogen and oxygen atoms in total. The summed E-state index contributed by atoms with van der Waals surface area (Å²) in [6, 6.07) is 1.66. The molecule has 2 aliphatic heterocycles. The van der Waals surface area contributed by atoms with Gasteiger partial charge in [0.25, 0.3) is 0 Å². The predicted molar refractivity (Wildman–Crippen MR) is 78.9 cm³/mol. The second-order valence-corrected chi connectivity index (χ2v) is 6.74. The molecule has 0 aliphatic carbocycles. The average Bonchev–Trinajstić information content (AvgIpc) is 2.81. The fourth-order valence-corrected chi connectivity index (χ4v) is 3.83. The first-order chi connectivity index (χ1) is 8.65. The van der Waals surface area contributed by atoms with Crippen molar-refractivity contribution in [3.05, 3.63) is 0 Å². The van der Waals surface area contributed by atoms with E-state index in [1.165, 1.54) is 51.9 Å². The van der Waals surface area contributed by atoms with E-state index in [0.717, 1.165) is 23.9 Å². The lowest BCUT2D eigenvalue weighted by atomic mass is 9.94. The minimum atomic E-state index is 0.792.